The molecule has 1 amide bonds. The number of hydrogen-bond donors (Lipinski definition) is 2. The standard InChI is InChI=1S/C27H26N4O3/c1-18-11-12-20-22(17-18)28-25(21-9-5-6-10-23(21)32)29-26(20)30-13-15-31(16-14-30)27(34)24(33)19-7-3-2-4-8-19/h2-12,17,24,32-33H,13-16H2,1H3. The predicted octanol–water partition coefficient (Wildman–Crippen LogP) is 3.69. The molecular weight excluding hydrogens is 428 g/mol. The Morgan fingerprint density at radius 3 is 2.35 bits per heavy atom. The first-order valence-corrected chi connectivity index (χ1v) is 11.3. The smallest absolute Gasteiger partial charge is 0.256 e. The monoisotopic (exact) mass is 454 g/mol. The number of aliphatic hydroxyl groups is 1. The maximum Gasteiger partial charge on any atom is 0.256 e. The number of nitrogens with zero attached hydrogens (tertiary/aromatic N) is 4. The lowest BCUT2D eigenvalue weighted by Gasteiger charge is -2.36. The molecule has 0 saturated carbocycles. The fourth-order valence-electron chi connectivity index (χ4n) is 4.34. The Bertz CT molecular complexity index is 1330. The van der Waals surface area contributed by atoms with Gasteiger partial charge >= 0.3 is 0 Å². The number of phenols is 1. The second kappa shape index (κ2) is 9.11. The van der Waals surface area contributed by atoms with Gasteiger partial charge < -0.3 is 20.0 Å². The normalized spacial score (nSPS) is 14.9. The molecule has 0 bridgehead atoms. The fourth-order valence-corrected chi connectivity index (χ4v) is 4.34. The number of piperazine rings is 1. The maximum atomic E-state index is 12.9. The molecule has 1 fully saturated rings. The van der Waals surface area contributed by atoms with E-state index in [2.05, 4.69) is 4.90 Å². The summed E-state index contributed by atoms with van der Waals surface area (Å²) in [7, 11) is 0. The minimum atomic E-state index is -1.16. The first-order chi connectivity index (χ1) is 16.5. The number of aliphatic hydroxyl groups excluding tert-OH is 1. The molecule has 1 aromatic heterocycles. The van der Waals surface area contributed by atoms with Crippen LogP contribution in [0.4, 0.5) is 5.82 Å². The van der Waals surface area contributed by atoms with Gasteiger partial charge in [-0.3, -0.25) is 4.79 Å². The minimum Gasteiger partial charge on any atom is -0.507 e. The quantitative estimate of drug-likeness (QED) is 0.489. The highest BCUT2D eigenvalue weighted by Gasteiger charge is 2.28. The van der Waals surface area contributed by atoms with Gasteiger partial charge in [0.25, 0.3) is 5.91 Å². The molecule has 34 heavy (non-hydrogen) atoms. The van der Waals surface area contributed by atoms with Crippen molar-refractivity contribution in [3.63, 3.8) is 0 Å². The first kappa shape index (κ1) is 21.9. The van der Waals surface area contributed by atoms with Crippen LogP contribution in [-0.4, -0.2) is 57.2 Å². The van der Waals surface area contributed by atoms with E-state index in [1.807, 2.05) is 49.4 Å². The number of carbonyl (C=O) groups is 1. The highest BCUT2D eigenvalue weighted by molar-refractivity contribution is 5.92. The summed E-state index contributed by atoms with van der Waals surface area (Å²) < 4.78 is 0. The molecule has 172 valence electrons. The topological polar surface area (TPSA) is 89.8 Å². The van der Waals surface area contributed by atoms with Gasteiger partial charge in [-0.25, -0.2) is 9.97 Å². The number of benzene rings is 3. The van der Waals surface area contributed by atoms with Gasteiger partial charge in [-0.05, 0) is 42.3 Å². The van der Waals surface area contributed by atoms with E-state index >= 15 is 0 Å². The molecule has 1 unspecified atom stereocenters. The minimum absolute atomic E-state index is 0.130. The number of amides is 1. The van der Waals surface area contributed by atoms with Crippen molar-refractivity contribution in [2.45, 2.75) is 13.0 Å². The SMILES string of the molecule is Cc1ccc2c(N3CCN(C(=O)C(O)c4ccccc4)CC3)nc(-c3ccccc3O)nc2c1. The molecule has 4 aromatic rings. The zero-order valence-electron chi connectivity index (χ0n) is 18.9. The third kappa shape index (κ3) is 4.18. The van der Waals surface area contributed by atoms with Crippen LogP contribution in [-0.2, 0) is 4.79 Å². The summed E-state index contributed by atoms with van der Waals surface area (Å²) >= 11 is 0. The predicted molar refractivity (Wildman–Crippen MR) is 132 cm³/mol. The summed E-state index contributed by atoms with van der Waals surface area (Å²) in [6.07, 6.45) is -1.16. The second-order valence-electron chi connectivity index (χ2n) is 8.53. The Labute approximate surface area is 197 Å². The van der Waals surface area contributed by atoms with E-state index in [1.54, 1.807) is 35.2 Å². The summed E-state index contributed by atoms with van der Waals surface area (Å²) in [6.45, 7) is 4.13. The molecule has 3 aromatic carbocycles. The number of carbonyl (C=O) groups excluding carboxylic acids is 1. The van der Waals surface area contributed by atoms with Crippen LogP contribution in [0.25, 0.3) is 22.3 Å². The molecule has 0 radical (unpaired) electrons. The number of phenolic OH excluding ortho intramolecular Hbond substituents is 1. The van der Waals surface area contributed by atoms with Crippen LogP contribution >= 0.6 is 0 Å². The highest BCUT2D eigenvalue weighted by atomic mass is 16.3. The van der Waals surface area contributed by atoms with Gasteiger partial charge in [0, 0.05) is 31.6 Å². The van der Waals surface area contributed by atoms with Crippen LogP contribution in [0.1, 0.15) is 17.2 Å². The summed E-state index contributed by atoms with van der Waals surface area (Å²) in [5.74, 6) is 1.08. The highest BCUT2D eigenvalue weighted by Crippen LogP contribution is 2.32. The number of aryl methyl sites for hydroxylation is 1. The van der Waals surface area contributed by atoms with E-state index in [1.165, 1.54) is 0 Å². The summed E-state index contributed by atoms with van der Waals surface area (Å²) in [4.78, 5) is 26.3. The van der Waals surface area contributed by atoms with Crippen molar-refractivity contribution in [1.82, 2.24) is 14.9 Å². The number of anilines is 1. The molecule has 5 rings (SSSR count). The van der Waals surface area contributed by atoms with Gasteiger partial charge in [0.1, 0.15) is 11.6 Å². The van der Waals surface area contributed by atoms with E-state index in [4.69, 9.17) is 9.97 Å². The molecule has 0 aliphatic carbocycles. The Morgan fingerprint density at radius 1 is 0.912 bits per heavy atom. The Kier molecular flexibility index (Phi) is 5.86. The zero-order valence-corrected chi connectivity index (χ0v) is 18.9. The molecule has 2 heterocycles. The summed E-state index contributed by atoms with van der Waals surface area (Å²) in [5.41, 5.74) is 3.07. The number of rotatable bonds is 4. The average molecular weight is 455 g/mol. The fraction of sp³-hybridized carbons (Fsp3) is 0.222. The van der Waals surface area contributed by atoms with Crippen LogP contribution in [0.15, 0.2) is 72.8 Å². The van der Waals surface area contributed by atoms with E-state index in [-0.39, 0.29) is 11.7 Å². The van der Waals surface area contributed by atoms with Crippen LogP contribution in [0.2, 0.25) is 0 Å². The van der Waals surface area contributed by atoms with Crippen molar-refractivity contribution < 1.29 is 15.0 Å². The van der Waals surface area contributed by atoms with Crippen LogP contribution < -0.4 is 4.90 Å². The largest absolute Gasteiger partial charge is 0.507 e. The second-order valence-corrected chi connectivity index (χ2v) is 8.53. The summed E-state index contributed by atoms with van der Waals surface area (Å²) in [6, 6.07) is 22.1. The maximum absolute atomic E-state index is 12.9. The van der Waals surface area contributed by atoms with Gasteiger partial charge in [-0.2, -0.15) is 0 Å². The van der Waals surface area contributed by atoms with Gasteiger partial charge in [-0.15, -0.1) is 0 Å². The first-order valence-electron chi connectivity index (χ1n) is 11.3. The Balaban J connectivity index is 1.42. The number of fused-ring (bicyclic) bond motifs is 1. The van der Waals surface area contributed by atoms with Gasteiger partial charge in [-0.1, -0.05) is 48.5 Å². The molecule has 7 nitrogen and oxygen atoms in total. The van der Waals surface area contributed by atoms with Gasteiger partial charge in [0.05, 0.1) is 11.1 Å². The zero-order chi connectivity index (χ0) is 23.7. The molecule has 1 aliphatic rings. The molecule has 0 spiro atoms. The molecule has 1 atom stereocenters. The number of aromatic nitrogens is 2. The lowest BCUT2D eigenvalue weighted by molar-refractivity contribution is -0.140. The number of para-hydroxylation sites is 1. The molecule has 2 N–H and O–H groups in total. The van der Waals surface area contributed by atoms with E-state index in [0.29, 0.717) is 43.1 Å². The average Bonchev–Trinajstić information content (AvgIpc) is 2.88. The lowest BCUT2D eigenvalue weighted by atomic mass is 10.1. The lowest BCUT2D eigenvalue weighted by Crippen LogP contribution is -2.50. The van der Waals surface area contributed by atoms with E-state index < -0.39 is 6.10 Å². The van der Waals surface area contributed by atoms with Gasteiger partial charge in [0.2, 0.25) is 0 Å². The van der Waals surface area contributed by atoms with Crippen molar-refractivity contribution >= 4 is 22.6 Å². The van der Waals surface area contributed by atoms with E-state index in [0.717, 1.165) is 22.3 Å². The van der Waals surface area contributed by atoms with Crippen molar-refractivity contribution in [2.75, 3.05) is 31.1 Å². The van der Waals surface area contributed by atoms with Crippen LogP contribution in [0.3, 0.4) is 0 Å². The molecule has 1 aliphatic heterocycles. The van der Waals surface area contributed by atoms with Crippen LogP contribution in [0.5, 0.6) is 5.75 Å². The molecular formula is C27H26N4O3. The Hall–Kier alpha value is -3.97. The molecule has 1 saturated heterocycles. The van der Waals surface area contributed by atoms with E-state index in [9.17, 15) is 15.0 Å². The van der Waals surface area contributed by atoms with Crippen molar-refractivity contribution in [3.05, 3.63) is 83.9 Å². The third-order valence-corrected chi connectivity index (χ3v) is 6.22. The van der Waals surface area contributed by atoms with Crippen molar-refractivity contribution in [2.24, 2.45) is 0 Å². The number of aromatic hydroxyl groups is 1. The van der Waals surface area contributed by atoms with Gasteiger partial charge in [0.15, 0.2) is 11.9 Å². The molecule has 7 heteroatoms. The Morgan fingerprint density at radius 2 is 1.62 bits per heavy atom. The summed E-state index contributed by atoms with van der Waals surface area (Å²) in [5, 5.41) is 21.8. The van der Waals surface area contributed by atoms with Crippen molar-refractivity contribution in [3.8, 4) is 17.1 Å². The number of hydrogen-bond acceptors (Lipinski definition) is 6. The third-order valence-electron chi connectivity index (χ3n) is 6.22. The van der Waals surface area contributed by atoms with Crippen molar-refractivity contribution in [1.29, 1.82) is 0 Å². The van der Waals surface area contributed by atoms with Crippen LogP contribution in [0, 0.1) is 6.92 Å².